The molecule has 2 aromatic rings. The average Bonchev–Trinajstić information content (AvgIpc) is 3.06. The summed E-state index contributed by atoms with van der Waals surface area (Å²) in [6, 6.07) is 8.45. The van der Waals surface area contributed by atoms with Crippen molar-refractivity contribution in [2.45, 2.75) is 44.9 Å². The van der Waals surface area contributed by atoms with Gasteiger partial charge in [0.05, 0.1) is 11.6 Å². The summed E-state index contributed by atoms with van der Waals surface area (Å²) in [5.41, 5.74) is 2.57. The van der Waals surface area contributed by atoms with Crippen LogP contribution in [0.4, 0.5) is 0 Å². The van der Waals surface area contributed by atoms with Crippen molar-refractivity contribution in [1.29, 1.82) is 0 Å². The van der Waals surface area contributed by atoms with Gasteiger partial charge < -0.3 is 14.4 Å². The van der Waals surface area contributed by atoms with Gasteiger partial charge in [0.1, 0.15) is 0 Å². The van der Waals surface area contributed by atoms with Crippen LogP contribution in [0, 0.1) is 0 Å². The van der Waals surface area contributed by atoms with Gasteiger partial charge in [0.25, 0.3) is 0 Å². The molecule has 1 fully saturated rings. The van der Waals surface area contributed by atoms with Gasteiger partial charge in [-0.2, -0.15) is 0 Å². The smallest absolute Gasteiger partial charge is 0.332 e. The number of carbonyl (C=O) groups is 1. The second kappa shape index (κ2) is 5.29. The van der Waals surface area contributed by atoms with Gasteiger partial charge in [-0.15, -0.1) is 0 Å². The molecule has 4 heteroatoms. The highest BCUT2D eigenvalue weighted by molar-refractivity contribution is 5.83. The number of ether oxygens (including phenoxy) is 1. The first-order valence-corrected chi connectivity index (χ1v) is 7.14. The molecule has 1 aliphatic heterocycles. The third-order valence-electron chi connectivity index (χ3n) is 4.04. The maximum absolute atomic E-state index is 10.9. The van der Waals surface area contributed by atoms with Crippen LogP contribution in [-0.2, 0) is 22.5 Å². The van der Waals surface area contributed by atoms with Crippen molar-refractivity contribution in [1.82, 2.24) is 4.57 Å². The van der Waals surface area contributed by atoms with E-state index < -0.39 is 12.1 Å². The third kappa shape index (κ3) is 2.31. The van der Waals surface area contributed by atoms with Crippen LogP contribution in [0.1, 0.15) is 25.3 Å². The summed E-state index contributed by atoms with van der Waals surface area (Å²) >= 11 is 0. The zero-order valence-corrected chi connectivity index (χ0v) is 11.6. The van der Waals surface area contributed by atoms with Gasteiger partial charge in [-0.05, 0) is 36.3 Å². The summed E-state index contributed by atoms with van der Waals surface area (Å²) in [5, 5.41) is 10.2. The molecule has 2 atom stereocenters. The summed E-state index contributed by atoms with van der Waals surface area (Å²) < 4.78 is 7.80. The summed E-state index contributed by atoms with van der Waals surface area (Å²) in [6.07, 6.45) is 3.85. The summed E-state index contributed by atoms with van der Waals surface area (Å²) in [7, 11) is 0. The highest BCUT2D eigenvalue weighted by Crippen LogP contribution is 2.25. The molecule has 1 aliphatic rings. The monoisotopic (exact) mass is 273 g/mol. The average molecular weight is 273 g/mol. The van der Waals surface area contributed by atoms with Gasteiger partial charge >= 0.3 is 5.97 Å². The molecule has 0 bridgehead atoms. The van der Waals surface area contributed by atoms with Gasteiger partial charge in [-0.25, -0.2) is 4.79 Å². The molecule has 1 saturated heterocycles. The number of carboxylic acid groups (broad SMARTS) is 1. The first kappa shape index (κ1) is 13.2. The van der Waals surface area contributed by atoms with Gasteiger partial charge in [-0.3, -0.25) is 0 Å². The van der Waals surface area contributed by atoms with Crippen molar-refractivity contribution in [2.75, 3.05) is 0 Å². The second-order valence-electron chi connectivity index (χ2n) is 5.34. The molecule has 106 valence electrons. The van der Waals surface area contributed by atoms with Crippen molar-refractivity contribution in [3.05, 3.63) is 36.0 Å². The molecule has 0 amide bonds. The predicted octanol–water partition coefficient (Wildman–Crippen LogP) is 2.84. The quantitative estimate of drug-likeness (QED) is 0.932. The minimum absolute atomic E-state index is 0.00314. The maximum Gasteiger partial charge on any atom is 0.332 e. The fourth-order valence-electron chi connectivity index (χ4n) is 3.02. The van der Waals surface area contributed by atoms with E-state index in [1.165, 1.54) is 16.5 Å². The number of rotatable bonds is 4. The molecule has 3 rings (SSSR count). The van der Waals surface area contributed by atoms with Crippen LogP contribution in [0.3, 0.4) is 0 Å². The Hall–Kier alpha value is -1.81. The van der Waals surface area contributed by atoms with Crippen LogP contribution >= 0.6 is 0 Å². The third-order valence-corrected chi connectivity index (χ3v) is 4.04. The van der Waals surface area contributed by atoms with E-state index in [2.05, 4.69) is 42.0 Å². The molecular weight excluding hydrogens is 254 g/mol. The zero-order valence-electron chi connectivity index (χ0n) is 11.6. The largest absolute Gasteiger partial charge is 0.479 e. The lowest BCUT2D eigenvalue weighted by atomic mass is 10.1. The molecule has 0 spiro atoms. The lowest BCUT2D eigenvalue weighted by molar-refractivity contribution is -0.149. The molecule has 4 nitrogen and oxygen atoms in total. The van der Waals surface area contributed by atoms with Crippen LogP contribution in [0.2, 0.25) is 0 Å². The number of carboxylic acids is 1. The molecule has 20 heavy (non-hydrogen) atoms. The molecule has 1 N–H and O–H groups in total. The summed E-state index contributed by atoms with van der Waals surface area (Å²) in [6.45, 7) is 2.88. The normalized spacial score (nSPS) is 22.4. The molecular formula is C16H19NO3. The predicted molar refractivity (Wildman–Crippen MR) is 76.8 cm³/mol. The standard InChI is InChI=1S/C16H19NO3/c1-2-11-4-3-5-12-8-9-17(15(11)12)10-13-6-7-14(20-13)16(18)19/h3-5,8-9,13-14H,2,6-7,10H2,1H3,(H,18,19). The lowest BCUT2D eigenvalue weighted by Crippen LogP contribution is -2.22. The van der Waals surface area contributed by atoms with E-state index in [-0.39, 0.29) is 6.10 Å². The number of aromatic nitrogens is 1. The first-order chi connectivity index (χ1) is 9.69. The highest BCUT2D eigenvalue weighted by Gasteiger charge is 2.30. The van der Waals surface area contributed by atoms with E-state index in [1.54, 1.807) is 0 Å². The lowest BCUT2D eigenvalue weighted by Gasteiger charge is -2.14. The van der Waals surface area contributed by atoms with E-state index in [9.17, 15) is 4.79 Å². The van der Waals surface area contributed by atoms with Gasteiger partial charge in [0.2, 0.25) is 0 Å². The van der Waals surface area contributed by atoms with Crippen molar-refractivity contribution in [3.63, 3.8) is 0 Å². The number of aryl methyl sites for hydroxylation is 1. The first-order valence-electron chi connectivity index (χ1n) is 7.14. The van der Waals surface area contributed by atoms with Crippen LogP contribution in [0.15, 0.2) is 30.5 Å². The second-order valence-corrected chi connectivity index (χ2v) is 5.34. The van der Waals surface area contributed by atoms with E-state index in [1.807, 2.05) is 0 Å². The number of aliphatic carboxylic acids is 1. The molecule has 1 aromatic heterocycles. The molecule has 2 heterocycles. The Kier molecular flexibility index (Phi) is 3.49. The minimum atomic E-state index is -0.848. The van der Waals surface area contributed by atoms with Gasteiger partial charge in [0.15, 0.2) is 6.10 Å². The number of nitrogens with zero attached hydrogens (tertiary/aromatic N) is 1. The van der Waals surface area contributed by atoms with E-state index in [0.717, 1.165) is 19.4 Å². The SMILES string of the molecule is CCc1cccc2ccn(CC3CCC(C(=O)O)O3)c12. The Bertz CT molecular complexity index is 632. The highest BCUT2D eigenvalue weighted by atomic mass is 16.5. The number of hydrogen-bond donors (Lipinski definition) is 1. The zero-order chi connectivity index (χ0) is 14.1. The van der Waals surface area contributed by atoms with E-state index in [0.29, 0.717) is 6.42 Å². The Morgan fingerprint density at radius 1 is 1.40 bits per heavy atom. The van der Waals surface area contributed by atoms with Crippen molar-refractivity contribution >= 4 is 16.9 Å². The maximum atomic E-state index is 10.9. The van der Waals surface area contributed by atoms with Gasteiger partial charge in [0, 0.05) is 12.7 Å². The van der Waals surface area contributed by atoms with Crippen LogP contribution in [0.5, 0.6) is 0 Å². The number of fused-ring (bicyclic) bond motifs is 1. The topological polar surface area (TPSA) is 51.5 Å². The van der Waals surface area contributed by atoms with E-state index >= 15 is 0 Å². The summed E-state index contributed by atoms with van der Waals surface area (Å²) in [5.74, 6) is -0.848. The van der Waals surface area contributed by atoms with Gasteiger partial charge in [-0.1, -0.05) is 25.1 Å². The Balaban J connectivity index is 1.83. The Morgan fingerprint density at radius 3 is 2.95 bits per heavy atom. The Labute approximate surface area is 118 Å². The van der Waals surface area contributed by atoms with Crippen LogP contribution < -0.4 is 0 Å². The minimum Gasteiger partial charge on any atom is -0.479 e. The summed E-state index contributed by atoms with van der Waals surface area (Å²) in [4.78, 5) is 10.9. The number of benzene rings is 1. The van der Waals surface area contributed by atoms with Crippen LogP contribution in [-0.4, -0.2) is 27.9 Å². The van der Waals surface area contributed by atoms with Crippen molar-refractivity contribution < 1.29 is 14.6 Å². The molecule has 0 saturated carbocycles. The van der Waals surface area contributed by atoms with Crippen molar-refractivity contribution in [3.8, 4) is 0 Å². The number of hydrogen-bond acceptors (Lipinski definition) is 2. The van der Waals surface area contributed by atoms with Crippen LogP contribution in [0.25, 0.3) is 10.9 Å². The molecule has 0 aliphatic carbocycles. The fraction of sp³-hybridized carbons (Fsp3) is 0.438. The van der Waals surface area contributed by atoms with E-state index in [4.69, 9.17) is 9.84 Å². The molecule has 0 radical (unpaired) electrons. The van der Waals surface area contributed by atoms with Crippen molar-refractivity contribution in [2.24, 2.45) is 0 Å². The molecule has 2 unspecified atom stereocenters. The molecule has 1 aromatic carbocycles. The fourth-order valence-corrected chi connectivity index (χ4v) is 3.02. The Morgan fingerprint density at radius 2 is 2.25 bits per heavy atom. The number of para-hydroxylation sites is 1.